The number of anilines is 2. The maximum Gasteiger partial charge on any atom is 0.250 e. The average Bonchev–Trinajstić information content (AvgIpc) is 2.67. The molecule has 0 amide bonds. The zero-order valence-corrected chi connectivity index (χ0v) is 14.1. The van der Waals surface area contributed by atoms with Gasteiger partial charge in [0.15, 0.2) is 0 Å². The first-order chi connectivity index (χ1) is 12.2. The van der Waals surface area contributed by atoms with Crippen LogP contribution in [0.25, 0.3) is 11.1 Å². The van der Waals surface area contributed by atoms with Gasteiger partial charge < -0.3 is 10.1 Å². The maximum atomic E-state index is 12.2. The summed E-state index contributed by atoms with van der Waals surface area (Å²) in [7, 11) is 1.59. The van der Waals surface area contributed by atoms with Gasteiger partial charge in [-0.25, -0.2) is 0 Å². The summed E-state index contributed by atoms with van der Waals surface area (Å²) in [6, 6.07) is 13.4. The van der Waals surface area contributed by atoms with E-state index in [0.29, 0.717) is 17.0 Å². The molecule has 126 valence electrons. The summed E-state index contributed by atoms with van der Waals surface area (Å²) in [6.45, 7) is 0. The number of fused-ring (bicyclic) bond motifs is 1. The fourth-order valence-electron chi connectivity index (χ4n) is 3.52. The highest BCUT2D eigenvalue weighted by molar-refractivity contribution is 5.85. The predicted octanol–water partition coefficient (Wildman–Crippen LogP) is 3.58. The number of methoxy groups -OCH3 is 1. The maximum absolute atomic E-state index is 12.2. The zero-order chi connectivity index (χ0) is 17.4. The van der Waals surface area contributed by atoms with Crippen LogP contribution >= 0.6 is 0 Å². The van der Waals surface area contributed by atoms with Crippen LogP contribution in [0.5, 0.6) is 5.75 Å². The summed E-state index contributed by atoms with van der Waals surface area (Å²) in [5.41, 5.74) is 4.19. The molecule has 25 heavy (non-hydrogen) atoms. The number of rotatable bonds is 4. The van der Waals surface area contributed by atoms with Crippen molar-refractivity contribution in [3.63, 3.8) is 0 Å². The smallest absolute Gasteiger partial charge is 0.250 e. The molecule has 0 saturated heterocycles. The van der Waals surface area contributed by atoms with Crippen LogP contribution in [0.3, 0.4) is 0 Å². The fourth-order valence-corrected chi connectivity index (χ4v) is 3.52. The van der Waals surface area contributed by atoms with Crippen molar-refractivity contribution in [1.82, 2.24) is 0 Å². The van der Waals surface area contributed by atoms with Gasteiger partial charge in [0.05, 0.1) is 12.7 Å². The van der Waals surface area contributed by atoms with Gasteiger partial charge in [-0.3, -0.25) is 9.59 Å². The van der Waals surface area contributed by atoms with E-state index in [2.05, 4.69) is 17.4 Å². The molecule has 4 heteroatoms. The van der Waals surface area contributed by atoms with Crippen molar-refractivity contribution in [3.05, 3.63) is 74.0 Å². The molecular formula is C21H19NO3. The van der Waals surface area contributed by atoms with Crippen molar-refractivity contribution in [2.75, 3.05) is 12.4 Å². The van der Waals surface area contributed by atoms with Crippen molar-refractivity contribution in [3.8, 4) is 16.9 Å². The average molecular weight is 333 g/mol. The fraction of sp³-hybridized carbons (Fsp3) is 0.238. The molecule has 1 N–H and O–H groups in total. The Balaban J connectivity index is 1.71. The van der Waals surface area contributed by atoms with Crippen LogP contribution in [0.15, 0.2) is 52.1 Å². The normalized spacial score (nSPS) is 13.5. The van der Waals surface area contributed by atoms with Gasteiger partial charge in [0, 0.05) is 11.8 Å². The molecule has 4 rings (SSSR count). The lowest BCUT2D eigenvalue weighted by Gasteiger charge is -2.18. The number of ether oxygens (including phenoxy) is 1. The van der Waals surface area contributed by atoms with Crippen LogP contribution in [-0.2, 0) is 12.8 Å². The molecule has 0 saturated carbocycles. The predicted molar refractivity (Wildman–Crippen MR) is 99.7 cm³/mol. The van der Waals surface area contributed by atoms with E-state index in [-0.39, 0.29) is 0 Å². The van der Waals surface area contributed by atoms with E-state index in [9.17, 15) is 9.59 Å². The molecule has 1 aliphatic rings. The summed E-state index contributed by atoms with van der Waals surface area (Å²) < 4.78 is 5.20. The molecule has 0 fully saturated rings. The second-order valence-corrected chi connectivity index (χ2v) is 6.46. The number of hydrogen-bond donors (Lipinski definition) is 1. The van der Waals surface area contributed by atoms with Gasteiger partial charge >= 0.3 is 0 Å². The van der Waals surface area contributed by atoms with Crippen molar-refractivity contribution in [1.29, 1.82) is 0 Å². The highest BCUT2D eigenvalue weighted by atomic mass is 16.5. The molecule has 0 heterocycles. The quantitative estimate of drug-likeness (QED) is 0.742. The number of benzene rings is 2. The molecule has 0 aliphatic heterocycles. The Bertz CT molecular complexity index is 1010. The van der Waals surface area contributed by atoms with Crippen LogP contribution < -0.4 is 20.9 Å². The van der Waals surface area contributed by atoms with E-state index < -0.39 is 10.9 Å². The van der Waals surface area contributed by atoms with Crippen molar-refractivity contribution >= 4 is 11.4 Å². The van der Waals surface area contributed by atoms with Gasteiger partial charge in [-0.2, -0.15) is 0 Å². The van der Waals surface area contributed by atoms with Crippen LogP contribution in [0.1, 0.15) is 24.0 Å². The molecule has 0 unspecified atom stereocenters. The minimum Gasteiger partial charge on any atom is -0.497 e. The van der Waals surface area contributed by atoms with Gasteiger partial charge in [-0.1, -0.05) is 24.3 Å². The van der Waals surface area contributed by atoms with E-state index in [0.717, 1.165) is 24.1 Å². The van der Waals surface area contributed by atoms with E-state index in [1.165, 1.54) is 24.0 Å². The monoisotopic (exact) mass is 333 g/mol. The van der Waals surface area contributed by atoms with Crippen LogP contribution in [-0.4, -0.2) is 7.11 Å². The number of aryl methyl sites for hydroxylation is 2. The number of hydrogen-bond acceptors (Lipinski definition) is 4. The summed E-state index contributed by atoms with van der Waals surface area (Å²) in [6.07, 6.45) is 4.53. The Kier molecular flexibility index (Phi) is 3.88. The van der Waals surface area contributed by atoms with Crippen LogP contribution in [0.4, 0.5) is 11.4 Å². The third-order valence-corrected chi connectivity index (χ3v) is 4.89. The lowest BCUT2D eigenvalue weighted by Crippen LogP contribution is -2.35. The zero-order valence-electron chi connectivity index (χ0n) is 14.1. The van der Waals surface area contributed by atoms with E-state index >= 15 is 0 Å². The topological polar surface area (TPSA) is 55.4 Å². The largest absolute Gasteiger partial charge is 0.497 e. The highest BCUT2D eigenvalue weighted by Crippen LogP contribution is 2.31. The van der Waals surface area contributed by atoms with E-state index in [1.807, 2.05) is 24.3 Å². The summed E-state index contributed by atoms with van der Waals surface area (Å²) >= 11 is 0. The van der Waals surface area contributed by atoms with Crippen LogP contribution in [0.2, 0.25) is 0 Å². The van der Waals surface area contributed by atoms with Gasteiger partial charge in [-0.15, -0.1) is 0 Å². The van der Waals surface area contributed by atoms with Gasteiger partial charge in [0.25, 0.3) is 5.43 Å². The Labute approximate surface area is 145 Å². The van der Waals surface area contributed by atoms with Gasteiger partial charge in [-0.05, 0) is 54.5 Å². The number of nitrogens with one attached hydrogen (secondary N) is 1. The SMILES string of the molecule is COc1cccc(Nc2c(-c3ccc4c(c3)CCCC4)c(=O)c2=O)c1. The Morgan fingerprint density at radius 1 is 0.920 bits per heavy atom. The van der Waals surface area contributed by atoms with Gasteiger partial charge in [0.2, 0.25) is 5.43 Å². The van der Waals surface area contributed by atoms with Gasteiger partial charge in [0.1, 0.15) is 11.4 Å². The van der Waals surface area contributed by atoms with E-state index in [1.54, 1.807) is 13.2 Å². The Hall–Kier alpha value is -2.88. The molecule has 0 spiro atoms. The minimum absolute atomic E-state index is 0.369. The first-order valence-corrected chi connectivity index (χ1v) is 8.54. The van der Waals surface area contributed by atoms with Crippen molar-refractivity contribution in [2.24, 2.45) is 0 Å². The van der Waals surface area contributed by atoms with E-state index in [4.69, 9.17) is 4.74 Å². The lowest BCUT2D eigenvalue weighted by atomic mass is 9.88. The molecular weight excluding hydrogens is 314 g/mol. The molecule has 4 nitrogen and oxygen atoms in total. The Morgan fingerprint density at radius 3 is 2.52 bits per heavy atom. The molecule has 3 aromatic rings. The lowest BCUT2D eigenvalue weighted by molar-refractivity contribution is 0.415. The third kappa shape index (κ3) is 2.74. The first kappa shape index (κ1) is 15.6. The van der Waals surface area contributed by atoms with Crippen molar-refractivity contribution in [2.45, 2.75) is 25.7 Å². The molecule has 0 aromatic heterocycles. The first-order valence-electron chi connectivity index (χ1n) is 8.54. The second kappa shape index (κ2) is 6.20. The molecule has 3 aromatic carbocycles. The summed E-state index contributed by atoms with van der Waals surface area (Å²) in [5, 5.41) is 3.09. The summed E-state index contributed by atoms with van der Waals surface area (Å²) in [4.78, 5) is 24.3. The standard InChI is InChI=1S/C21H19NO3/c1-25-17-8-4-7-16(12-17)22-19-18(20(23)21(19)24)15-10-9-13-5-2-3-6-14(13)11-15/h4,7-12,22H,2-3,5-6H2,1H3. The third-order valence-electron chi connectivity index (χ3n) is 4.89. The second-order valence-electron chi connectivity index (χ2n) is 6.46. The summed E-state index contributed by atoms with van der Waals surface area (Å²) in [5.74, 6) is 0.694. The minimum atomic E-state index is -0.462. The van der Waals surface area contributed by atoms with Crippen LogP contribution in [0, 0.1) is 0 Å². The van der Waals surface area contributed by atoms with Crippen molar-refractivity contribution < 1.29 is 4.74 Å². The molecule has 1 aliphatic carbocycles. The molecule has 0 atom stereocenters. The highest BCUT2D eigenvalue weighted by Gasteiger charge is 2.23. The Morgan fingerprint density at radius 2 is 1.72 bits per heavy atom. The molecule has 0 radical (unpaired) electrons. The molecule has 0 bridgehead atoms.